The van der Waals surface area contributed by atoms with Crippen LogP contribution < -0.4 is 10.6 Å². The Morgan fingerprint density at radius 2 is 2.12 bits per heavy atom. The van der Waals surface area contributed by atoms with Gasteiger partial charge in [0.2, 0.25) is 5.91 Å². The molecule has 0 heterocycles. The van der Waals surface area contributed by atoms with Crippen molar-refractivity contribution in [3.8, 4) is 0 Å². The molecule has 0 fully saturated rings. The maximum absolute atomic E-state index is 11.4. The molecule has 1 aromatic carbocycles. The van der Waals surface area contributed by atoms with Crippen LogP contribution in [0.25, 0.3) is 0 Å². The first-order valence-corrected chi connectivity index (χ1v) is 5.82. The number of hydrogen-bond donors (Lipinski definition) is 2. The van der Waals surface area contributed by atoms with Crippen molar-refractivity contribution in [2.75, 3.05) is 13.1 Å². The highest BCUT2D eigenvalue weighted by molar-refractivity contribution is 6.31. The summed E-state index contributed by atoms with van der Waals surface area (Å²) in [4.78, 5) is 11.4. The van der Waals surface area contributed by atoms with Gasteiger partial charge in [-0.1, -0.05) is 36.7 Å². The number of benzene rings is 1. The Balaban J connectivity index is 2.29. The minimum atomic E-state index is 0.0425. The van der Waals surface area contributed by atoms with Crippen LogP contribution in [0.15, 0.2) is 24.3 Å². The first-order chi connectivity index (χ1) is 7.74. The second-order valence-electron chi connectivity index (χ2n) is 3.47. The van der Waals surface area contributed by atoms with Crippen molar-refractivity contribution in [1.82, 2.24) is 10.6 Å². The number of amides is 1. The lowest BCUT2D eigenvalue weighted by Crippen LogP contribution is -2.27. The van der Waals surface area contributed by atoms with Gasteiger partial charge < -0.3 is 10.6 Å². The zero-order valence-corrected chi connectivity index (χ0v) is 10.2. The molecule has 0 radical (unpaired) electrons. The average molecular weight is 241 g/mol. The second kappa shape index (κ2) is 7.25. The van der Waals surface area contributed by atoms with Crippen molar-refractivity contribution < 1.29 is 4.79 Å². The second-order valence-corrected chi connectivity index (χ2v) is 3.88. The van der Waals surface area contributed by atoms with E-state index in [9.17, 15) is 4.79 Å². The van der Waals surface area contributed by atoms with Crippen molar-refractivity contribution in [2.24, 2.45) is 0 Å². The van der Waals surface area contributed by atoms with Gasteiger partial charge in [-0.15, -0.1) is 0 Å². The zero-order valence-electron chi connectivity index (χ0n) is 9.42. The van der Waals surface area contributed by atoms with Crippen molar-refractivity contribution >= 4 is 17.5 Å². The standard InChI is InChI=1S/C12H17ClN2O/c1-2-14-8-7-12(16)15-9-10-5-3-4-6-11(10)13/h3-6,14H,2,7-9H2,1H3,(H,15,16). The summed E-state index contributed by atoms with van der Waals surface area (Å²) in [5.74, 6) is 0.0425. The molecule has 0 atom stereocenters. The summed E-state index contributed by atoms with van der Waals surface area (Å²) in [5, 5.41) is 6.63. The van der Waals surface area contributed by atoms with Crippen LogP contribution in [0.2, 0.25) is 5.02 Å². The molecule has 2 N–H and O–H groups in total. The Bertz CT molecular complexity index is 342. The van der Waals surface area contributed by atoms with Crippen molar-refractivity contribution in [2.45, 2.75) is 19.9 Å². The molecule has 4 heteroatoms. The van der Waals surface area contributed by atoms with Crippen molar-refractivity contribution in [1.29, 1.82) is 0 Å². The first kappa shape index (κ1) is 13.0. The normalized spacial score (nSPS) is 10.1. The van der Waals surface area contributed by atoms with E-state index < -0.39 is 0 Å². The molecule has 1 rings (SSSR count). The third kappa shape index (κ3) is 4.64. The average Bonchev–Trinajstić information content (AvgIpc) is 2.28. The van der Waals surface area contributed by atoms with Gasteiger partial charge in [0.25, 0.3) is 0 Å². The Morgan fingerprint density at radius 1 is 1.38 bits per heavy atom. The minimum Gasteiger partial charge on any atom is -0.352 e. The van der Waals surface area contributed by atoms with Gasteiger partial charge >= 0.3 is 0 Å². The molecule has 0 aliphatic rings. The third-order valence-corrected chi connectivity index (χ3v) is 2.58. The summed E-state index contributed by atoms with van der Waals surface area (Å²) >= 11 is 5.97. The van der Waals surface area contributed by atoms with E-state index in [1.54, 1.807) is 0 Å². The van der Waals surface area contributed by atoms with Crippen molar-refractivity contribution in [3.05, 3.63) is 34.9 Å². The molecule has 3 nitrogen and oxygen atoms in total. The number of hydrogen-bond acceptors (Lipinski definition) is 2. The maximum Gasteiger partial charge on any atom is 0.221 e. The summed E-state index contributed by atoms with van der Waals surface area (Å²) in [6.45, 7) is 4.11. The summed E-state index contributed by atoms with van der Waals surface area (Å²) < 4.78 is 0. The highest BCUT2D eigenvalue weighted by Gasteiger charge is 2.02. The van der Waals surface area contributed by atoms with Crippen molar-refractivity contribution in [3.63, 3.8) is 0 Å². The van der Waals surface area contributed by atoms with Gasteiger partial charge in [0.15, 0.2) is 0 Å². The first-order valence-electron chi connectivity index (χ1n) is 5.45. The van der Waals surface area contributed by atoms with Gasteiger partial charge in [-0.05, 0) is 18.2 Å². The molecule has 88 valence electrons. The molecule has 0 saturated heterocycles. The van der Waals surface area contributed by atoms with Gasteiger partial charge in [0.05, 0.1) is 0 Å². The summed E-state index contributed by atoms with van der Waals surface area (Å²) in [6.07, 6.45) is 0.498. The molecule has 0 unspecified atom stereocenters. The molecule has 0 aliphatic carbocycles. The topological polar surface area (TPSA) is 41.1 Å². The van der Waals surface area contributed by atoms with Gasteiger partial charge in [0, 0.05) is 24.5 Å². The molecule has 1 amide bonds. The molecular formula is C12H17ClN2O. The molecule has 0 spiro atoms. The summed E-state index contributed by atoms with van der Waals surface area (Å²) in [5.41, 5.74) is 0.945. The molecule has 0 bridgehead atoms. The summed E-state index contributed by atoms with van der Waals surface area (Å²) in [7, 11) is 0. The van der Waals surface area contributed by atoms with Crippen LogP contribution in [-0.4, -0.2) is 19.0 Å². The predicted molar refractivity (Wildman–Crippen MR) is 66.5 cm³/mol. The molecule has 1 aromatic rings. The zero-order chi connectivity index (χ0) is 11.8. The minimum absolute atomic E-state index is 0.0425. The molecular weight excluding hydrogens is 224 g/mol. The number of carbonyl (C=O) groups excluding carboxylic acids is 1. The Kier molecular flexibility index (Phi) is 5.90. The fourth-order valence-corrected chi connectivity index (χ4v) is 1.51. The Labute approximate surface area is 101 Å². The molecule has 0 aromatic heterocycles. The smallest absolute Gasteiger partial charge is 0.221 e. The number of rotatable bonds is 6. The van der Waals surface area contributed by atoms with E-state index in [-0.39, 0.29) is 5.91 Å². The van der Waals surface area contributed by atoms with Crippen LogP contribution in [0.5, 0.6) is 0 Å². The monoisotopic (exact) mass is 240 g/mol. The van der Waals surface area contributed by atoms with E-state index in [0.717, 1.165) is 12.1 Å². The van der Waals surface area contributed by atoms with E-state index >= 15 is 0 Å². The van der Waals surface area contributed by atoms with Gasteiger partial charge in [0.1, 0.15) is 0 Å². The maximum atomic E-state index is 11.4. The molecule has 0 saturated carbocycles. The van der Waals surface area contributed by atoms with Crippen LogP contribution in [0.1, 0.15) is 18.9 Å². The fourth-order valence-electron chi connectivity index (χ4n) is 1.30. The van der Waals surface area contributed by atoms with Gasteiger partial charge in [-0.2, -0.15) is 0 Å². The predicted octanol–water partition coefficient (Wildman–Crippen LogP) is 1.96. The Hall–Kier alpha value is -1.06. The lowest BCUT2D eigenvalue weighted by Gasteiger charge is -2.06. The lowest BCUT2D eigenvalue weighted by molar-refractivity contribution is -0.121. The van der Waals surface area contributed by atoms with E-state index in [4.69, 9.17) is 11.6 Å². The third-order valence-electron chi connectivity index (χ3n) is 2.21. The summed E-state index contributed by atoms with van der Waals surface area (Å²) in [6, 6.07) is 7.51. The van der Waals surface area contributed by atoms with Crippen LogP contribution in [0, 0.1) is 0 Å². The van der Waals surface area contributed by atoms with E-state index in [0.29, 0.717) is 24.5 Å². The largest absolute Gasteiger partial charge is 0.352 e. The van der Waals surface area contributed by atoms with Crippen LogP contribution in [-0.2, 0) is 11.3 Å². The fraction of sp³-hybridized carbons (Fsp3) is 0.417. The number of carbonyl (C=O) groups is 1. The number of halogens is 1. The van der Waals surface area contributed by atoms with Crippen LogP contribution >= 0.6 is 11.6 Å². The lowest BCUT2D eigenvalue weighted by atomic mass is 10.2. The van der Waals surface area contributed by atoms with Gasteiger partial charge in [-0.25, -0.2) is 0 Å². The highest BCUT2D eigenvalue weighted by Crippen LogP contribution is 2.14. The van der Waals surface area contributed by atoms with E-state index in [1.165, 1.54) is 0 Å². The molecule has 16 heavy (non-hydrogen) atoms. The highest BCUT2D eigenvalue weighted by atomic mass is 35.5. The Morgan fingerprint density at radius 3 is 2.81 bits per heavy atom. The van der Waals surface area contributed by atoms with Gasteiger partial charge in [-0.3, -0.25) is 4.79 Å². The number of nitrogens with one attached hydrogen (secondary N) is 2. The molecule has 0 aliphatic heterocycles. The van der Waals surface area contributed by atoms with E-state index in [2.05, 4.69) is 10.6 Å². The quantitative estimate of drug-likeness (QED) is 0.747. The SMILES string of the molecule is CCNCCC(=O)NCc1ccccc1Cl. The van der Waals surface area contributed by atoms with E-state index in [1.807, 2.05) is 31.2 Å². The van der Waals surface area contributed by atoms with Crippen LogP contribution in [0.4, 0.5) is 0 Å². The van der Waals surface area contributed by atoms with Crippen LogP contribution in [0.3, 0.4) is 0 Å².